The number of ether oxygens (including phenoxy) is 1. The fourth-order valence-electron chi connectivity index (χ4n) is 1.34. The van der Waals surface area contributed by atoms with E-state index in [-0.39, 0.29) is 0 Å². The number of hydrogen-bond acceptors (Lipinski definition) is 7. The van der Waals surface area contributed by atoms with Crippen molar-refractivity contribution in [2.24, 2.45) is 0 Å². The van der Waals surface area contributed by atoms with Crippen molar-refractivity contribution in [3.63, 3.8) is 0 Å². The maximum atomic E-state index is 13.1. The van der Waals surface area contributed by atoms with E-state index in [1.54, 1.807) is 0 Å². The zero-order valence-corrected chi connectivity index (χ0v) is 11.7. The Morgan fingerprint density at radius 2 is 1.70 bits per heavy atom. The lowest BCUT2D eigenvalue weighted by Crippen LogP contribution is -2.09. The summed E-state index contributed by atoms with van der Waals surface area (Å²) in [6.45, 7) is 0.980. The SMILES string of the molecule is COC(=O)c1cc(OS(=O)(=O)F)c(C)c(S(=O)(=O)F)c1. The first-order valence-corrected chi connectivity index (χ1v) is 7.46. The molecule has 0 unspecified atom stereocenters. The van der Waals surface area contributed by atoms with Gasteiger partial charge in [0.2, 0.25) is 0 Å². The molecule has 0 fully saturated rings. The molecule has 11 heteroatoms. The van der Waals surface area contributed by atoms with Gasteiger partial charge in [0.25, 0.3) is 0 Å². The number of rotatable bonds is 4. The quantitative estimate of drug-likeness (QED) is 0.600. The molecule has 1 rings (SSSR count). The molecule has 0 amide bonds. The molecule has 0 atom stereocenters. The first-order valence-electron chi connectivity index (χ1n) is 4.77. The van der Waals surface area contributed by atoms with Crippen molar-refractivity contribution in [3.05, 3.63) is 23.3 Å². The lowest BCUT2D eigenvalue weighted by molar-refractivity contribution is 0.0600. The van der Waals surface area contributed by atoms with Gasteiger partial charge in [0.05, 0.1) is 12.7 Å². The molecule has 0 heterocycles. The highest BCUT2D eigenvalue weighted by molar-refractivity contribution is 7.86. The molecule has 0 bridgehead atoms. The maximum Gasteiger partial charge on any atom is 0.488 e. The number of methoxy groups -OCH3 is 1. The molecule has 0 spiro atoms. The summed E-state index contributed by atoms with van der Waals surface area (Å²) in [7, 11) is -9.80. The molecule has 0 saturated heterocycles. The van der Waals surface area contributed by atoms with E-state index in [1.807, 2.05) is 0 Å². The topological polar surface area (TPSA) is 104 Å². The molecule has 0 aliphatic heterocycles. The second kappa shape index (κ2) is 5.32. The summed E-state index contributed by atoms with van der Waals surface area (Å²) in [5.41, 5.74) is -1.03. The van der Waals surface area contributed by atoms with E-state index in [1.165, 1.54) is 0 Å². The standard InChI is InChI=1S/C9H8F2O7S2/c1-5-7(18-20(11,15)16)3-6(9(12)17-2)4-8(5)19(10,13)14/h3-4H,1-2H3. The number of carbonyl (C=O) groups excluding carboxylic acids is 1. The van der Waals surface area contributed by atoms with E-state index in [0.29, 0.717) is 12.1 Å². The van der Waals surface area contributed by atoms with Crippen molar-refractivity contribution in [2.75, 3.05) is 7.11 Å². The van der Waals surface area contributed by atoms with Crippen LogP contribution in [0.25, 0.3) is 0 Å². The average molecular weight is 330 g/mol. The third-order valence-corrected chi connectivity index (χ3v) is 3.51. The zero-order chi connectivity index (χ0) is 15.7. The second-order valence-electron chi connectivity index (χ2n) is 3.50. The molecular formula is C9H8F2O7S2. The Balaban J connectivity index is 3.63. The summed E-state index contributed by atoms with van der Waals surface area (Å²) in [6.07, 6.45) is 0. The van der Waals surface area contributed by atoms with Gasteiger partial charge in [-0.05, 0) is 19.1 Å². The van der Waals surface area contributed by atoms with Gasteiger partial charge in [-0.15, -0.1) is 3.89 Å². The molecule has 0 N–H and O–H groups in total. The molecule has 20 heavy (non-hydrogen) atoms. The predicted molar refractivity (Wildman–Crippen MR) is 61.5 cm³/mol. The van der Waals surface area contributed by atoms with E-state index < -0.39 is 48.5 Å². The van der Waals surface area contributed by atoms with Crippen LogP contribution in [0.3, 0.4) is 0 Å². The Morgan fingerprint density at radius 1 is 1.15 bits per heavy atom. The lowest BCUT2D eigenvalue weighted by Gasteiger charge is -2.10. The zero-order valence-electron chi connectivity index (χ0n) is 10.1. The van der Waals surface area contributed by atoms with Crippen LogP contribution in [0.2, 0.25) is 0 Å². The third-order valence-electron chi connectivity index (χ3n) is 2.19. The van der Waals surface area contributed by atoms with Crippen LogP contribution in [-0.2, 0) is 25.5 Å². The van der Waals surface area contributed by atoms with E-state index in [2.05, 4.69) is 8.92 Å². The van der Waals surface area contributed by atoms with Crippen molar-refractivity contribution >= 4 is 26.7 Å². The number of esters is 1. The summed E-state index contributed by atoms with van der Waals surface area (Å²) in [4.78, 5) is 10.3. The number of halogens is 2. The van der Waals surface area contributed by atoms with Gasteiger partial charge in [0, 0.05) is 5.56 Å². The number of benzene rings is 1. The fraction of sp³-hybridized carbons (Fsp3) is 0.222. The summed E-state index contributed by atoms with van der Waals surface area (Å²) in [6, 6.07) is 1.33. The van der Waals surface area contributed by atoms with Crippen LogP contribution >= 0.6 is 0 Å². The largest absolute Gasteiger partial charge is 0.488 e. The van der Waals surface area contributed by atoms with Crippen LogP contribution in [0, 0.1) is 6.92 Å². The first kappa shape index (κ1) is 16.3. The van der Waals surface area contributed by atoms with Crippen molar-refractivity contribution in [1.82, 2.24) is 0 Å². The minimum atomic E-state index is -5.48. The van der Waals surface area contributed by atoms with Crippen LogP contribution in [0.15, 0.2) is 17.0 Å². The minimum absolute atomic E-state index is 0.513. The van der Waals surface area contributed by atoms with E-state index in [0.717, 1.165) is 14.0 Å². The number of carbonyl (C=O) groups is 1. The van der Waals surface area contributed by atoms with Crippen LogP contribution in [-0.4, -0.2) is 29.9 Å². The average Bonchev–Trinajstić information content (AvgIpc) is 2.27. The Morgan fingerprint density at radius 3 is 2.10 bits per heavy atom. The Labute approximate surface area is 113 Å². The minimum Gasteiger partial charge on any atom is -0.465 e. The van der Waals surface area contributed by atoms with Gasteiger partial charge < -0.3 is 8.92 Å². The predicted octanol–water partition coefficient (Wildman–Crippen LogP) is 1.03. The van der Waals surface area contributed by atoms with E-state index >= 15 is 0 Å². The molecule has 0 aromatic heterocycles. The van der Waals surface area contributed by atoms with Gasteiger partial charge >= 0.3 is 26.7 Å². The van der Waals surface area contributed by atoms with Gasteiger partial charge in [-0.25, -0.2) is 4.79 Å². The van der Waals surface area contributed by atoms with Crippen molar-refractivity contribution in [1.29, 1.82) is 0 Å². The molecule has 0 saturated carbocycles. The monoisotopic (exact) mass is 330 g/mol. The smallest absolute Gasteiger partial charge is 0.465 e. The Kier molecular flexibility index (Phi) is 4.34. The maximum absolute atomic E-state index is 13.1. The molecule has 0 aliphatic rings. The molecule has 1 aromatic rings. The molecule has 0 aliphatic carbocycles. The van der Waals surface area contributed by atoms with Crippen molar-refractivity contribution in [3.8, 4) is 5.75 Å². The molecule has 1 aromatic carbocycles. The molecule has 112 valence electrons. The molecule has 0 radical (unpaired) electrons. The van der Waals surface area contributed by atoms with Gasteiger partial charge in [0.15, 0.2) is 0 Å². The summed E-state index contributed by atoms with van der Waals surface area (Å²) in [5, 5.41) is 0. The van der Waals surface area contributed by atoms with Crippen LogP contribution in [0.4, 0.5) is 7.77 Å². The van der Waals surface area contributed by atoms with Crippen LogP contribution < -0.4 is 4.18 Å². The highest BCUT2D eigenvalue weighted by atomic mass is 32.3. The van der Waals surface area contributed by atoms with E-state index in [9.17, 15) is 29.4 Å². The fourth-order valence-corrected chi connectivity index (χ4v) is 2.47. The Hall–Kier alpha value is -1.75. The van der Waals surface area contributed by atoms with Crippen molar-refractivity contribution < 1.29 is 38.3 Å². The molecular weight excluding hydrogens is 322 g/mol. The van der Waals surface area contributed by atoms with Gasteiger partial charge in [-0.1, -0.05) is 3.89 Å². The number of hydrogen-bond donors (Lipinski definition) is 0. The van der Waals surface area contributed by atoms with Crippen LogP contribution in [0.5, 0.6) is 5.75 Å². The van der Waals surface area contributed by atoms with E-state index in [4.69, 9.17) is 0 Å². The summed E-state index contributed by atoms with van der Waals surface area (Å²) < 4.78 is 76.4. The summed E-state index contributed by atoms with van der Waals surface area (Å²) >= 11 is 0. The van der Waals surface area contributed by atoms with Gasteiger partial charge in [0.1, 0.15) is 10.6 Å². The highest BCUT2D eigenvalue weighted by Gasteiger charge is 2.24. The van der Waals surface area contributed by atoms with Gasteiger partial charge in [-0.2, -0.15) is 16.8 Å². The van der Waals surface area contributed by atoms with Crippen molar-refractivity contribution in [2.45, 2.75) is 11.8 Å². The Bertz CT molecular complexity index is 753. The van der Waals surface area contributed by atoms with Gasteiger partial charge in [-0.3, -0.25) is 0 Å². The highest BCUT2D eigenvalue weighted by Crippen LogP contribution is 2.30. The molecule has 7 nitrogen and oxygen atoms in total. The first-order chi connectivity index (χ1) is 8.95. The summed E-state index contributed by atoms with van der Waals surface area (Å²) in [5.74, 6) is -1.93. The lowest BCUT2D eigenvalue weighted by atomic mass is 10.1. The normalized spacial score (nSPS) is 12.0. The third kappa shape index (κ3) is 3.87. The van der Waals surface area contributed by atoms with Crippen LogP contribution in [0.1, 0.15) is 15.9 Å². The second-order valence-corrected chi connectivity index (χ2v) is 5.77.